The van der Waals surface area contributed by atoms with Crippen LogP contribution in [0.5, 0.6) is 0 Å². The summed E-state index contributed by atoms with van der Waals surface area (Å²) in [5, 5.41) is 2.35. The molecule has 5 heteroatoms. The molecule has 0 aliphatic carbocycles. The number of rotatable bonds is 1. The number of hydrogen-bond donors (Lipinski definition) is 3. The summed E-state index contributed by atoms with van der Waals surface area (Å²) in [6.07, 6.45) is 0. The molecule has 0 bridgehead atoms. The predicted octanol–water partition coefficient (Wildman–Crippen LogP) is 0.454. The van der Waals surface area contributed by atoms with Crippen molar-refractivity contribution in [2.75, 3.05) is 0 Å². The van der Waals surface area contributed by atoms with Crippen molar-refractivity contribution in [2.45, 2.75) is 0 Å². The van der Waals surface area contributed by atoms with Crippen LogP contribution in [0.4, 0.5) is 0 Å². The number of aromatic nitrogens is 1. The summed E-state index contributed by atoms with van der Waals surface area (Å²) < 4.78 is 1.98. The molecule has 92 valence electrons. The third-order valence-electron chi connectivity index (χ3n) is 3.30. The number of hydrogen-bond acceptors (Lipinski definition) is 3. The Labute approximate surface area is 105 Å². The smallest absolute Gasteiger partial charge is 0.386 e. The molecular formula is C13H13NO3Si. The molecule has 0 fully saturated rings. The summed E-state index contributed by atoms with van der Waals surface area (Å²) in [5.74, 6) is 0. The van der Waals surface area contributed by atoms with Gasteiger partial charge in [0.25, 0.3) is 0 Å². The normalized spacial score (nSPS) is 12.4. The molecule has 0 saturated carbocycles. The van der Waals surface area contributed by atoms with Gasteiger partial charge in [-0.25, -0.2) is 0 Å². The molecule has 3 aromatic rings. The number of benzene rings is 2. The minimum Gasteiger partial charge on any atom is -0.386 e. The van der Waals surface area contributed by atoms with Crippen LogP contribution in [0.3, 0.4) is 0 Å². The summed E-state index contributed by atoms with van der Waals surface area (Å²) in [4.78, 5) is 28.1. The standard InChI is InChI=1S/C13H13NO3Si/c1-14-12-5-3-2-4-10(12)11-7-6-9(8-13(11)14)18(15,16)17/h2-8,15-17H,1H3. The summed E-state index contributed by atoms with van der Waals surface area (Å²) in [6.45, 7) is 0. The second-order valence-electron chi connectivity index (χ2n) is 4.44. The Morgan fingerprint density at radius 3 is 2.28 bits per heavy atom. The van der Waals surface area contributed by atoms with Gasteiger partial charge >= 0.3 is 8.80 Å². The van der Waals surface area contributed by atoms with E-state index >= 15 is 0 Å². The van der Waals surface area contributed by atoms with Gasteiger partial charge in [-0.05, 0) is 12.1 Å². The molecule has 4 nitrogen and oxygen atoms in total. The van der Waals surface area contributed by atoms with Gasteiger partial charge in [-0.3, -0.25) is 0 Å². The zero-order valence-corrected chi connectivity index (χ0v) is 10.8. The largest absolute Gasteiger partial charge is 0.529 e. The van der Waals surface area contributed by atoms with Gasteiger partial charge in [-0.15, -0.1) is 0 Å². The van der Waals surface area contributed by atoms with Crippen molar-refractivity contribution in [1.82, 2.24) is 4.57 Å². The molecule has 1 heterocycles. The van der Waals surface area contributed by atoms with Gasteiger partial charge < -0.3 is 19.0 Å². The van der Waals surface area contributed by atoms with Crippen molar-refractivity contribution in [3.8, 4) is 0 Å². The predicted molar refractivity (Wildman–Crippen MR) is 72.5 cm³/mol. The van der Waals surface area contributed by atoms with E-state index in [0.29, 0.717) is 0 Å². The monoisotopic (exact) mass is 259 g/mol. The lowest BCUT2D eigenvalue weighted by atomic mass is 10.1. The number of fused-ring (bicyclic) bond motifs is 3. The lowest BCUT2D eigenvalue weighted by molar-refractivity contribution is 0.250. The van der Waals surface area contributed by atoms with E-state index in [2.05, 4.69) is 0 Å². The third-order valence-corrected chi connectivity index (χ3v) is 4.39. The molecule has 0 aliphatic heterocycles. The molecule has 0 unspecified atom stereocenters. The number of para-hydroxylation sites is 1. The molecule has 3 N–H and O–H groups in total. The molecule has 0 radical (unpaired) electrons. The van der Waals surface area contributed by atoms with E-state index in [0.717, 1.165) is 21.8 Å². The first kappa shape index (κ1) is 11.4. The first-order valence-electron chi connectivity index (χ1n) is 5.63. The van der Waals surface area contributed by atoms with Gasteiger partial charge in [0.1, 0.15) is 0 Å². The minimum absolute atomic E-state index is 0.195. The second kappa shape index (κ2) is 3.66. The van der Waals surface area contributed by atoms with Gasteiger partial charge in [0.05, 0.1) is 0 Å². The van der Waals surface area contributed by atoms with E-state index in [9.17, 15) is 14.4 Å². The highest BCUT2D eigenvalue weighted by Crippen LogP contribution is 2.27. The molecule has 0 aliphatic rings. The van der Waals surface area contributed by atoms with Crippen molar-refractivity contribution in [3.05, 3.63) is 42.5 Å². The zero-order valence-electron chi connectivity index (χ0n) is 9.83. The van der Waals surface area contributed by atoms with Gasteiger partial charge in [0.2, 0.25) is 0 Å². The fourth-order valence-electron chi connectivity index (χ4n) is 2.37. The quantitative estimate of drug-likeness (QED) is 0.556. The molecule has 2 aromatic carbocycles. The summed E-state index contributed by atoms with van der Waals surface area (Å²) in [7, 11) is -2.32. The van der Waals surface area contributed by atoms with Crippen LogP contribution in [-0.4, -0.2) is 27.8 Å². The van der Waals surface area contributed by atoms with E-state index in [-0.39, 0.29) is 5.19 Å². The number of nitrogens with zero attached hydrogens (tertiary/aromatic N) is 1. The topological polar surface area (TPSA) is 65.6 Å². The molecule has 0 saturated heterocycles. The Hall–Kier alpha value is -1.66. The van der Waals surface area contributed by atoms with Crippen LogP contribution in [0.1, 0.15) is 0 Å². The SMILES string of the molecule is Cn1c2ccccc2c2ccc([Si](O)(O)O)cc21. The summed E-state index contributed by atoms with van der Waals surface area (Å²) >= 11 is 0. The second-order valence-corrected chi connectivity index (χ2v) is 6.29. The Morgan fingerprint density at radius 1 is 0.889 bits per heavy atom. The Bertz CT molecular complexity index is 743. The molecule has 1 aromatic heterocycles. The van der Waals surface area contributed by atoms with Crippen molar-refractivity contribution < 1.29 is 14.4 Å². The average molecular weight is 259 g/mol. The molecule has 18 heavy (non-hydrogen) atoms. The molecule has 0 atom stereocenters. The fraction of sp³-hybridized carbons (Fsp3) is 0.0769. The molecular weight excluding hydrogens is 246 g/mol. The lowest BCUT2D eigenvalue weighted by Crippen LogP contribution is -2.48. The first-order chi connectivity index (χ1) is 8.48. The van der Waals surface area contributed by atoms with Crippen LogP contribution in [0.25, 0.3) is 21.8 Å². The van der Waals surface area contributed by atoms with E-state index in [1.807, 2.05) is 41.9 Å². The fourth-order valence-corrected chi connectivity index (χ4v) is 3.01. The van der Waals surface area contributed by atoms with Crippen LogP contribution >= 0.6 is 0 Å². The van der Waals surface area contributed by atoms with Crippen LogP contribution < -0.4 is 5.19 Å². The van der Waals surface area contributed by atoms with Crippen LogP contribution in [0.15, 0.2) is 42.5 Å². The Morgan fingerprint density at radius 2 is 1.56 bits per heavy atom. The maximum atomic E-state index is 9.35. The maximum absolute atomic E-state index is 9.35. The van der Waals surface area contributed by atoms with Crippen molar-refractivity contribution in [2.24, 2.45) is 7.05 Å². The van der Waals surface area contributed by atoms with E-state index < -0.39 is 8.80 Å². The lowest BCUT2D eigenvalue weighted by Gasteiger charge is -2.09. The van der Waals surface area contributed by atoms with Crippen LogP contribution in [0.2, 0.25) is 0 Å². The summed E-state index contributed by atoms with van der Waals surface area (Å²) in [6, 6.07) is 13.0. The van der Waals surface area contributed by atoms with Gasteiger partial charge in [0.15, 0.2) is 0 Å². The first-order valence-corrected chi connectivity index (χ1v) is 7.47. The van der Waals surface area contributed by atoms with Gasteiger partial charge in [0, 0.05) is 34.0 Å². The van der Waals surface area contributed by atoms with Crippen molar-refractivity contribution >= 4 is 35.8 Å². The van der Waals surface area contributed by atoms with E-state index in [4.69, 9.17) is 0 Å². The number of aryl methyl sites for hydroxylation is 1. The Balaban J connectivity index is 2.42. The van der Waals surface area contributed by atoms with Gasteiger partial charge in [-0.2, -0.15) is 0 Å². The van der Waals surface area contributed by atoms with Crippen LogP contribution in [0, 0.1) is 0 Å². The third kappa shape index (κ3) is 1.57. The average Bonchev–Trinajstić information content (AvgIpc) is 2.63. The van der Waals surface area contributed by atoms with Gasteiger partial charge in [-0.1, -0.05) is 30.3 Å². The van der Waals surface area contributed by atoms with E-state index in [1.54, 1.807) is 12.1 Å². The maximum Gasteiger partial charge on any atom is 0.529 e. The summed E-state index contributed by atoms with van der Waals surface area (Å²) in [5.41, 5.74) is 1.95. The molecule has 0 spiro atoms. The molecule has 0 amide bonds. The minimum atomic E-state index is -4.24. The van der Waals surface area contributed by atoms with Crippen molar-refractivity contribution in [1.29, 1.82) is 0 Å². The van der Waals surface area contributed by atoms with Crippen LogP contribution in [-0.2, 0) is 7.05 Å². The van der Waals surface area contributed by atoms with Crippen molar-refractivity contribution in [3.63, 3.8) is 0 Å². The highest BCUT2D eigenvalue weighted by atomic mass is 28.4. The van der Waals surface area contributed by atoms with E-state index in [1.165, 1.54) is 0 Å². The highest BCUT2D eigenvalue weighted by Gasteiger charge is 2.30. The Kier molecular flexibility index (Phi) is 2.33. The molecule has 3 rings (SSSR count). The highest BCUT2D eigenvalue weighted by molar-refractivity contribution is 6.71. The zero-order chi connectivity index (χ0) is 12.9.